The van der Waals surface area contributed by atoms with E-state index in [4.69, 9.17) is 9.25 Å². The molecule has 118 valence electrons. The molecule has 3 rings (SSSR count). The number of rotatable bonds is 2. The second-order valence-corrected chi connectivity index (χ2v) is 5.72. The topological polar surface area (TPSA) is 81.3 Å². The lowest BCUT2D eigenvalue weighted by atomic mass is 9.86. The number of furan rings is 1. The second-order valence-electron chi connectivity index (χ2n) is 5.72. The van der Waals surface area contributed by atoms with Crippen LogP contribution in [-0.2, 0) is 14.4 Å². The molecular formula is C15H18N2O5. The molecule has 1 aromatic heterocycles. The molecule has 7 nitrogen and oxygen atoms in total. The summed E-state index contributed by atoms with van der Waals surface area (Å²) >= 11 is 0. The van der Waals surface area contributed by atoms with E-state index in [0.717, 1.165) is 0 Å². The minimum atomic E-state index is -0.480. The maximum absolute atomic E-state index is 12.4. The van der Waals surface area contributed by atoms with Crippen molar-refractivity contribution in [2.75, 3.05) is 20.2 Å². The third-order valence-corrected chi connectivity index (χ3v) is 4.20. The summed E-state index contributed by atoms with van der Waals surface area (Å²) in [5.41, 5.74) is 0.395. The van der Waals surface area contributed by atoms with Crippen LogP contribution in [0.25, 0.3) is 0 Å². The van der Waals surface area contributed by atoms with E-state index in [1.807, 2.05) is 0 Å². The van der Waals surface area contributed by atoms with Gasteiger partial charge in [-0.2, -0.15) is 0 Å². The van der Waals surface area contributed by atoms with Gasteiger partial charge in [0.05, 0.1) is 12.7 Å². The summed E-state index contributed by atoms with van der Waals surface area (Å²) in [5.74, 6) is 0.218. The highest BCUT2D eigenvalue weighted by molar-refractivity contribution is 6.36. The van der Waals surface area contributed by atoms with Crippen LogP contribution < -0.4 is 0 Å². The molecule has 7 heteroatoms. The Morgan fingerprint density at radius 3 is 2.68 bits per heavy atom. The van der Waals surface area contributed by atoms with Gasteiger partial charge in [-0.25, -0.2) is 4.79 Å². The predicted octanol–water partition coefficient (Wildman–Crippen LogP) is 1.51. The summed E-state index contributed by atoms with van der Waals surface area (Å²) in [4.78, 5) is 31.1. The van der Waals surface area contributed by atoms with Gasteiger partial charge in [0.1, 0.15) is 17.6 Å². The van der Waals surface area contributed by atoms with Gasteiger partial charge < -0.3 is 18.9 Å². The van der Waals surface area contributed by atoms with Crippen LogP contribution in [0.15, 0.2) is 21.9 Å². The minimum Gasteiger partial charge on any atom is -0.469 e. The van der Waals surface area contributed by atoms with E-state index >= 15 is 0 Å². The van der Waals surface area contributed by atoms with Gasteiger partial charge in [-0.05, 0) is 13.0 Å². The Kier molecular flexibility index (Phi) is 3.64. The van der Waals surface area contributed by atoms with E-state index in [1.54, 1.807) is 17.9 Å². The number of ether oxygens (including phenoxy) is 1. The van der Waals surface area contributed by atoms with Gasteiger partial charge in [0, 0.05) is 32.4 Å². The Labute approximate surface area is 127 Å². The first-order chi connectivity index (χ1) is 10.5. The van der Waals surface area contributed by atoms with Gasteiger partial charge >= 0.3 is 5.97 Å². The summed E-state index contributed by atoms with van der Waals surface area (Å²) in [6, 6.07) is 1.73. The summed E-state index contributed by atoms with van der Waals surface area (Å²) < 4.78 is 9.84. The minimum absolute atomic E-state index is 0.0428. The number of hydrogen-bond donors (Lipinski definition) is 0. The van der Waals surface area contributed by atoms with Crippen LogP contribution in [0.2, 0.25) is 0 Å². The third kappa shape index (κ3) is 2.58. The average molecular weight is 306 g/mol. The highest BCUT2D eigenvalue weighted by Gasteiger charge is 2.44. The molecule has 1 fully saturated rings. The largest absolute Gasteiger partial charge is 0.469 e. The lowest BCUT2D eigenvalue weighted by Gasteiger charge is -2.36. The summed E-state index contributed by atoms with van der Waals surface area (Å²) in [5, 5.41) is 3.84. The number of carbonyl (C=O) groups is 2. The molecule has 0 unspecified atom stereocenters. The van der Waals surface area contributed by atoms with E-state index < -0.39 is 11.6 Å². The zero-order valence-corrected chi connectivity index (χ0v) is 12.6. The van der Waals surface area contributed by atoms with Gasteiger partial charge in [0.25, 0.3) is 5.91 Å². The Balaban J connectivity index is 1.60. The Morgan fingerprint density at radius 1 is 1.36 bits per heavy atom. The highest BCUT2D eigenvalue weighted by Crippen LogP contribution is 2.35. The van der Waals surface area contributed by atoms with Crippen LogP contribution in [0, 0.1) is 6.92 Å². The smallest absolute Gasteiger partial charge is 0.355 e. The van der Waals surface area contributed by atoms with Crippen LogP contribution in [0.4, 0.5) is 0 Å². The summed E-state index contributed by atoms with van der Waals surface area (Å²) in [6.45, 7) is 2.93. The maximum atomic E-state index is 12.4. The number of oxime groups is 1. The quantitative estimate of drug-likeness (QED) is 0.774. The highest BCUT2D eigenvalue weighted by atomic mass is 16.7. The monoisotopic (exact) mass is 306 g/mol. The van der Waals surface area contributed by atoms with Crippen molar-refractivity contribution in [3.8, 4) is 0 Å². The molecule has 0 radical (unpaired) electrons. The molecule has 3 heterocycles. The van der Waals surface area contributed by atoms with Gasteiger partial charge in [-0.1, -0.05) is 5.16 Å². The molecule has 1 spiro atoms. The Morgan fingerprint density at radius 2 is 2.09 bits per heavy atom. The molecule has 0 atom stereocenters. The number of aryl methyl sites for hydroxylation is 1. The second kappa shape index (κ2) is 5.47. The number of piperidine rings is 1. The van der Waals surface area contributed by atoms with E-state index in [-0.39, 0.29) is 5.91 Å². The number of methoxy groups -OCH3 is 1. The van der Waals surface area contributed by atoms with Crippen molar-refractivity contribution in [1.82, 2.24) is 4.90 Å². The first-order valence-electron chi connectivity index (χ1n) is 7.21. The van der Waals surface area contributed by atoms with Crippen molar-refractivity contribution in [2.45, 2.75) is 31.8 Å². The number of amides is 1. The van der Waals surface area contributed by atoms with Crippen LogP contribution in [0.3, 0.4) is 0 Å². The zero-order valence-electron chi connectivity index (χ0n) is 12.6. The molecule has 0 N–H and O–H groups in total. The predicted molar refractivity (Wildman–Crippen MR) is 76.5 cm³/mol. The summed E-state index contributed by atoms with van der Waals surface area (Å²) in [7, 11) is 1.32. The van der Waals surface area contributed by atoms with Crippen LogP contribution in [-0.4, -0.2) is 48.3 Å². The number of hydrogen-bond acceptors (Lipinski definition) is 6. The van der Waals surface area contributed by atoms with Gasteiger partial charge in [0.15, 0.2) is 5.71 Å². The van der Waals surface area contributed by atoms with Crippen molar-refractivity contribution in [3.63, 3.8) is 0 Å². The van der Waals surface area contributed by atoms with E-state index in [0.29, 0.717) is 49.4 Å². The fourth-order valence-corrected chi connectivity index (χ4v) is 2.87. The van der Waals surface area contributed by atoms with Gasteiger partial charge in [-0.15, -0.1) is 0 Å². The molecule has 0 saturated carbocycles. The number of nitrogens with zero attached hydrogens (tertiary/aromatic N) is 2. The van der Waals surface area contributed by atoms with Crippen LogP contribution >= 0.6 is 0 Å². The van der Waals surface area contributed by atoms with Crippen LogP contribution in [0.1, 0.15) is 35.4 Å². The van der Waals surface area contributed by atoms with Gasteiger partial charge in [-0.3, -0.25) is 4.79 Å². The molecule has 2 aliphatic heterocycles. The fraction of sp³-hybridized carbons (Fsp3) is 0.533. The maximum Gasteiger partial charge on any atom is 0.355 e. The number of carbonyl (C=O) groups excluding carboxylic acids is 2. The van der Waals surface area contributed by atoms with Crippen LogP contribution in [0.5, 0.6) is 0 Å². The van der Waals surface area contributed by atoms with Crippen molar-refractivity contribution in [2.24, 2.45) is 5.16 Å². The molecule has 1 amide bonds. The SMILES string of the molecule is COC(=O)C1=NOC2(CCN(C(=O)c3coc(C)c3)CC2)C1. The molecule has 22 heavy (non-hydrogen) atoms. The van der Waals surface area contributed by atoms with Crippen molar-refractivity contribution < 1.29 is 23.6 Å². The van der Waals surface area contributed by atoms with Crippen molar-refractivity contribution in [3.05, 3.63) is 23.7 Å². The summed E-state index contributed by atoms with van der Waals surface area (Å²) in [6.07, 6.45) is 3.19. The average Bonchev–Trinajstić information content (AvgIpc) is 3.14. The van der Waals surface area contributed by atoms with E-state index in [2.05, 4.69) is 9.89 Å². The number of likely N-dealkylation sites (tertiary alicyclic amines) is 1. The normalized spacial score (nSPS) is 19.7. The lowest BCUT2D eigenvalue weighted by molar-refractivity contribution is -0.132. The first-order valence-corrected chi connectivity index (χ1v) is 7.21. The molecule has 2 aliphatic rings. The number of esters is 1. The molecule has 1 saturated heterocycles. The molecule has 1 aromatic rings. The van der Waals surface area contributed by atoms with Gasteiger partial charge in [0.2, 0.25) is 0 Å². The lowest BCUT2D eigenvalue weighted by Crippen LogP contribution is -2.47. The third-order valence-electron chi connectivity index (χ3n) is 4.20. The molecule has 0 aliphatic carbocycles. The zero-order chi connectivity index (χ0) is 15.7. The van der Waals surface area contributed by atoms with E-state index in [1.165, 1.54) is 13.4 Å². The Bertz CT molecular complexity index is 626. The standard InChI is InChI=1S/C15H18N2O5/c1-10-7-11(9-21-10)13(18)17-5-3-15(4-6-17)8-12(16-22-15)14(19)20-2/h7,9H,3-6,8H2,1-2H3. The van der Waals surface area contributed by atoms with Crippen molar-refractivity contribution >= 4 is 17.6 Å². The fourth-order valence-electron chi connectivity index (χ4n) is 2.87. The first kappa shape index (κ1) is 14.6. The van der Waals surface area contributed by atoms with E-state index in [9.17, 15) is 9.59 Å². The Hall–Kier alpha value is -2.31. The molecule has 0 aromatic carbocycles. The molecule has 0 bridgehead atoms. The molecular weight excluding hydrogens is 288 g/mol. The van der Waals surface area contributed by atoms with Crippen molar-refractivity contribution in [1.29, 1.82) is 0 Å².